The number of alkyl halides is 3. The molecule has 0 saturated heterocycles. The van der Waals surface area contributed by atoms with Crippen molar-refractivity contribution in [2.45, 2.75) is 13.1 Å². The second-order valence-corrected chi connectivity index (χ2v) is 6.27. The molecule has 0 saturated carbocycles. The number of aromatic nitrogens is 2. The Labute approximate surface area is 164 Å². The van der Waals surface area contributed by atoms with Gasteiger partial charge in [-0.25, -0.2) is 4.98 Å². The lowest BCUT2D eigenvalue weighted by Gasteiger charge is -2.11. The van der Waals surface area contributed by atoms with Crippen molar-refractivity contribution in [2.75, 3.05) is 5.32 Å². The van der Waals surface area contributed by atoms with Crippen LogP contribution in [0.1, 0.15) is 18.1 Å². The van der Waals surface area contributed by atoms with E-state index in [1.807, 2.05) is 35.0 Å². The van der Waals surface area contributed by atoms with Crippen molar-refractivity contribution in [1.82, 2.24) is 15.0 Å². The number of anilines is 1. The molecule has 0 amide bonds. The van der Waals surface area contributed by atoms with Crippen LogP contribution in [0.4, 0.5) is 18.9 Å². The highest BCUT2D eigenvalue weighted by atomic mass is 32.1. The Hall–Kier alpha value is -3.20. The summed E-state index contributed by atoms with van der Waals surface area (Å²) in [4.78, 5) is 4.00. The molecule has 9 heteroatoms. The molecule has 0 radical (unpaired) electrons. The van der Waals surface area contributed by atoms with Crippen molar-refractivity contribution < 1.29 is 13.2 Å². The Morgan fingerprint density at radius 2 is 1.89 bits per heavy atom. The van der Waals surface area contributed by atoms with Gasteiger partial charge in [-0.2, -0.15) is 18.3 Å². The maximum Gasteiger partial charge on any atom is 0.416 e. The van der Waals surface area contributed by atoms with Gasteiger partial charge in [-0.1, -0.05) is 18.2 Å². The number of nitrogens with one attached hydrogen (secondary N) is 2. The summed E-state index contributed by atoms with van der Waals surface area (Å²) < 4.78 is 40.2. The molecule has 0 spiro atoms. The molecule has 1 heterocycles. The predicted molar refractivity (Wildman–Crippen MR) is 107 cm³/mol. The summed E-state index contributed by atoms with van der Waals surface area (Å²) in [6, 6.07) is 12.4. The molecule has 144 valence electrons. The van der Waals surface area contributed by atoms with E-state index in [1.54, 1.807) is 19.4 Å². The Bertz CT molecular complexity index is 980. The van der Waals surface area contributed by atoms with Crippen LogP contribution in [0.2, 0.25) is 0 Å². The Morgan fingerprint density at radius 3 is 2.54 bits per heavy atom. The molecule has 0 aliphatic rings. The largest absolute Gasteiger partial charge is 0.416 e. The van der Waals surface area contributed by atoms with E-state index < -0.39 is 11.7 Å². The Morgan fingerprint density at radius 1 is 1.14 bits per heavy atom. The lowest BCUT2D eigenvalue weighted by molar-refractivity contribution is -0.137. The molecule has 0 unspecified atom stereocenters. The minimum Gasteiger partial charge on any atom is -0.331 e. The van der Waals surface area contributed by atoms with E-state index in [-0.39, 0.29) is 10.8 Å². The third-order valence-electron chi connectivity index (χ3n) is 3.86. The maximum absolute atomic E-state index is 12.8. The number of halogens is 3. The van der Waals surface area contributed by atoms with Crippen LogP contribution >= 0.6 is 12.2 Å². The van der Waals surface area contributed by atoms with Crippen LogP contribution in [0.5, 0.6) is 0 Å². The zero-order valence-corrected chi connectivity index (χ0v) is 15.6. The lowest BCUT2D eigenvalue weighted by atomic mass is 10.1. The highest BCUT2D eigenvalue weighted by Crippen LogP contribution is 2.30. The quantitative estimate of drug-likeness (QED) is 0.380. The minimum atomic E-state index is -4.41. The van der Waals surface area contributed by atoms with Crippen molar-refractivity contribution in [3.05, 3.63) is 78.4 Å². The number of hydrazone groups is 1. The summed E-state index contributed by atoms with van der Waals surface area (Å²) in [5, 5.41) is 6.96. The lowest BCUT2D eigenvalue weighted by Crippen LogP contribution is -2.25. The highest BCUT2D eigenvalue weighted by molar-refractivity contribution is 7.80. The number of thiocarbonyl (C=S) groups is 1. The van der Waals surface area contributed by atoms with Gasteiger partial charge in [0.05, 0.1) is 17.6 Å². The van der Waals surface area contributed by atoms with Gasteiger partial charge in [-0.05, 0) is 55.0 Å². The van der Waals surface area contributed by atoms with Gasteiger partial charge in [0.2, 0.25) is 0 Å². The number of benzene rings is 2. The van der Waals surface area contributed by atoms with Gasteiger partial charge >= 0.3 is 6.18 Å². The molecule has 5 nitrogen and oxygen atoms in total. The summed E-state index contributed by atoms with van der Waals surface area (Å²) in [5.41, 5.74) is 4.62. The zero-order chi connectivity index (χ0) is 20.1. The molecular weight excluding hydrogens is 387 g/mol. The minimum absolute atomic E-state index is 0.0914. The van der Waals surface area contributed by atoms with Gasteiger partial charge in [0.15, 0.2) is 5.11 Å². The molecule has 0 bridgehead atoms. The monoisotopic (exact) mass is 403 g/mol. The average molecular weight is 403 g/mol. The first-order valence-electron chi connectivity index (χ1n) is 8.20. The smallest absolute Gasteiger partial charge is 0.331 e. The van der Waals surface area contributed by atoms with Crippen LogP contribution in [0, 0.1) is 0 Å². The number of rotatable bonds is 4. The number of imidazole rings is 1. The normalized spacial score (nSPS) is 11.9. The van der Waals surface area contributed by atoms with Crippen molar-refractivity contribution >= 4 is 28.7 Å². The summed E-state index contributed by atoms with van der Waals surface area (Å²) in [6.07, 6.45) is 0.831. The SMILES string of the molecule is C/C(=N\NC(=S)Nc1cccc(C(F)(F)F)c1)c1ccc(-n2ccnc2)cc1. The Kier molecular flexibility index (Phi) is 5.74. The maximum atomic E-state index is 12.8. The predicted octanol–water partition coefficient (Wildman–Crippen LogP) is 4.60. The fourth-order valence-corrected chi connectivity index (χ4v) is 2.58. The summed E-state index contributed by atoms with van der Waals surface area (Å²) in [5.74, 6) is 0. The summed E-state index contributed by atoms with van der Waals surface area (Å²) in [6.45, 7) is 1.80. The molecule has 1 aromatic heterocycles. The van der Waals surface area contributed by atoms with Crippen LogP contribution in [-0.2, 0) is 6.18 Å². The zero-order valence-electron chi connectivity index (χ0n) is 14.7. The van der Waals surface area contributed by atoms with Crippen LogP contribution in [0.15, 0.2) is 72.4 Å². The molecule has 2 aromatic carbocycles. The van der Waals surface area contributed by atoms with Gasteiger partial charge in [0.1, 0.15) is 0 Å². The molecule has 0 aliphatic heterocycles. The fraction of sp³-hybridized carbons (Fsp3) is 0.105. The first kappa shape index (κ1) is 19.6. The van der Waals surface area contributed by atoms with Crippen LogP contribution in [-0.4, -0.2) is 20.4 Å². The molecule has 3 rings (SSSR count). The molecule has 0 aliphatic carbocycles. The first-order chi connectivity index (χ1) is 13.3. The van der Waals surface area contributed by atoms with E-state index in [0.29, 0.717) is 5.71 Å². The Balaban J connectivity index is 1.62. The van der Waals surface area contributed by atoms with E-state index in [4.69, 9.17) is 12.2 Å². The molecule has 2 N–H and O–H groups in total. The van der Waals surface area contributed by atoms with Crippen LogP contribution in [0.3, 0.4) is 0 Å². The van der Waals surface area contributed by atoms with Crippen LogP contribution in [0.25, 0.3) is 5.69 Å². The van der Waals surface area contributed by atoms with Gasteiger partial charge in [-0.3, -0.25) is 5.43 Å². The van der Waals surface area contributed by atoms with E-state index >= 15 is 0 Å². The number of hydrogen-bond donors (Lipinski definition) is 2. The van der Waals surface area contributed by atoms with Crippen molar-refractivity contribution in [3.8, 4) is 5.69 Å². The average Bonchev–Trinajstić information content (AvgIpc) is 3.20. The van der Waals surface area contributed by atoms with Crippen molar-refractivity contribution in [3.63, 3.8) is 0 Å². The molecule has 0 fully saturated rings. The van der Waals surface area contributed by atoms with Gasteiger partial charge in [-0.15, -0.1) is 0 Å². The van der Waals surface area contributed by atoms with Gasteiger partial charge in [0, 0.05) is 23.8 Å². The van der Waals surface area contributed by atoms with Crippen molar-refractivity contribution in [1.29, 1.82) is 0 Å². The molecular formula is C19H16F3N5S. The highest BCUT2D eigenvalue weighted by Gasteiger charge is 2.30. The van der Waals surface area contributed by atoms with Gasteiger partial charge < -0.3 is 9.88 Å². The third kappa shape index (κ3) is 4.95. The second kappa shape index (κ2) is 8.22. The number of nitrogens with zero attached hydrogens (tertiary/aromatic N) is 3. The van der Waals surface area contributed by atoms with E-state index in [0.717, 1.165) is 23.4 Å². The molecule has 28 heavy (non-hydrogen) atoms. The third-order valence-corrected chi connectivity index (χ3v) is 4.05. The topological polar surface area (TPSA) is 54.2 Å². The van der Waals surface area contributed by atoms with Crippen molar-refractivity contribution in [2.24, 2.45) is 5.10 Å². The van der Waals surface area contributed by atoms with E-state index in [1.165, 1.54) is 12.1 Å². The van der Waals surface area contributed by atoms with E-state index in [2.05, 4.69) is 20.8 Å². The van der Waals surface area contributed by atoms with Gasteiger partial charge in [0.25, 0.3) is 0 Å². The summed E-state index contributed by atoms with van der Waals surface area (Å²) >= 11 is 5.10. The summed E-state index contributed by atoms with van der Waals surface area (Å²) in [7, 11) is 0. The first-order valence-corrected chi connectivity index (χ1v) is 8.61. The standard InChI is InChI=1S/C19H16F3N5S/c1-13(14-5-7-17(8-6-14)27-10-9-23-12-27)25-26-18(28)24-16-4-2-3-15(11-16)19(20,21)22/h2-12H,1H3,(H2,24,26,28)/b25-13+. The molecule has 0 atom stereocenters. The number of hydrogen-bond acceptors (Lipinski definition) is 3. The second-order valence-electron chi connectivity index (χ2n) is 5.86. The van der Waals surface area contributed by atoms with Crippen LogP contribution < -0.4 is 10.7 Å². The fourth-order valence-electron chi connectivity index (χ4n) is 2.42. The van der Waals surface area contributed by atoms with E-state index in [9.17, 15) is 13.2 Å². The molecule has 3 aromatic rings.